The summed E-state index contributed by atoms with van der Waals surface area (Å²) in [5.74, 6) is -0.581. The first-order valence-electron chi connectivity index (χ1n) is 14.5. The summed E-state index contributed by atoms with van der Waals surface area (Å²) in [6.07, 6.45) is 4.51. The molecule has 1 aliphatic carbocycles. The molecular weight excluding hydrogens is 510 g/mol. The van der Waals surface area contributed by atoms with Crippen LogP contribution in [-0.2, 0) is 22.6 Å². The highest BCUT2D eigenvalue weighted by atomic mass is 16.2. The number of amides is 3. The van der Waals surface area contributed by atoms with E-state index in [9.17, 15) is 14.4 Å². The van der Waals surface area contributed by atoms with Gasteiger partial charge in [-0.3, -0.25) is 19.3 Å². The highest BCUT2D eigenvalue weighted by molar-refractivity contribution is 6.26. The Labute approximate surface area is 241 Å². The van der Waals surface area contributed by atoms with Crippen molar-refractivity contribution in [3.63, 3.8) is 0 Å². The van der Waals surface area contributed by atoms with Gasteiger partial charge in [-0.1, -0.05) is 97.3 Å². The molecule has 0 radical (unpaired) electrons. The van der Waals surface area contributed by atoms with Gasteiger partial charge in [-0.2, -0.15) is 0 Å². The van der Waals surface area contributed by atoms with Crippen LogP contribution in [0, 0.1) is 6.92 Å². The molecule has 3 amide bonds. The summed E-state index contributed by atoms with van der Waals surface area (Å²) in [6.45, 7) is 2.15. The number of rotatable bonds is 9. The Balaban J connectivity index is 1.35. The number of aryl methyl sites for hydroxylation is 1. The summed E-state index contributed by atoms with van der Waals surface area (Å²) in [4.78, 5) is 45.1. The lowest BCUT2D eigenvalue weighted by Gasteiger charge is -2.33. The van der Waals surface area contributed by atoms with Gasteiger partial charge in [-0.05, 0) is 48.4 Å². The molecule has 1 saturated carbocycles. The van der Waals surface area contributed by atoms with Crippen LogP contribution in [0.2, 0.25) is 0 Å². The summed E-state index contributed by atoms with van der Waals surface area (Å²) in [7, 11) is 0. The molecular formula is C35H35N3O3. The SMILES string of the molecule is Cc1cccc(CN(C(=O)CN2C(=O)c3cccc4cccc2c34)C(Cc2ccccc2)C(=O)NC2CCCC2)c1. The lowest BCUT2D eigenvalue weighted by molar-refractivity contribution is -0.140. The Bertz CT molecular complexity index is 1590. The lowest BCUT2D eigenvalue weighted by Crippen LogP contribution is -2.54. The molecule has 0 bridgehead atoms. The van der Waals surface area contributed by atoms with E-state index >= 15 is 0 Å². The van der Waals surface area contributed by atoms with Crippen molar-refractivity contribution in [1.82, 2.24) is 10.2 Å². The molecule has 4 aromatic carbocycles. The van der Waals surface area contributed by atoms with E-state index in [1.54, 1.807) is 9.80 Å². The zero-order valence-electron chi connectivity index (χ0n) is 23.4. The number of carbonyl (C=O) groups is 3. The Hall–Kier alpha value is -4.45. The summed E-state index contributed by atoms with van der Waals surface area (Å²) >= 11 is 0. The van der Waals surface area contributed by atoms with Gasteiger partial charge in [-0.25, -0.2) is 0 Å². The largest absolute Gasteiger partial charge is 0.352 e. The summed E-state index contributed by atoms with van der Waals surface area (Å²) in [5.41, 5.74) is 4.36. The zero-order chi connectivity index (χ0) is 28.3. The first-order valence-corrected chi connectivity index (χ1v) is 14.5. The molecule has 0 aromatic heterocycles. The molecule has 1 N–H and O–H groups in total. The van der Waals surface area contributed by atoms with Crippen LogP contribution in [0.3, 0.4) is 0 Å². The van der Waals surface area contributed by atoms with E-state index in [2.05, 4.69) is 5.32 Å². The van der Waals surface area contributed by atoms with Gasteiger partial charge >= 0.3 is 0 Å². The van der Waals surface area contributed by atoms with E-state index in [-0.39, 0.29) is 36.9 Å². The van der Waals surface area contributed by atoms with Crippen LogP contribution in [0.1, 0.15) is 52.7 Å². The smallest absolute Gasteiger partial charge is 0.259 e. The molecule has 6 nitrogen and oxygen atoms in total. The first-order chi connectivity index (χ1) is 20.0. The maximum atomic E-state index is 14.3. The molecule has 0 spiro atoms. The maximum Gasteiger partial charge on any atom is 0.259 e. The lowest BCUT2D eigenvalue weighted by atomic mass is 10.0. The first kappa shape index (κ1) is 26.8. The van der Waals surface area contributed by atoms with E-state index in [4.69, 9.17) is 0 Å². The third-order valence-electron chi connectivity index (χ3n) is 8.35. The minimum atomic E-state index is -0.720. The van der Waals surface area contributed by atoms with E-state index in [1.807, 2.05) is 97.9 Å². The minimum Gasteiger partial charge on any atom is -0.352 e. The van der Waals surface area contributed by atoms with Crippen molar-refractivity contribution in [2.75, 3.05) is 11.4 Å². The molecule has 1 unspecified atom stereocenters. The quantitative estimate of drug-likeness (QED) is 0.289. The number of nitrogens with zero attached hydrogens (tertiary/aromatic N) is 2. The van der Waals surface area contributed by atoms with Gasteiger partial charge in [0.25, 0.3) is 5.91 Å². The number of benzene rings is 4. The molecule has 1 aliphatic heterocycles. The molecule has 6 heteroatoms. The molecule has 0 saturated heterocycles. The van der Waals surface area contributed by atoms with Crippen LogP contribution in [0.4, 0.5) is 5.69 Å². The fourth-order valence-corrected chi connectivity index (χ4v) is 6.29. The second kappa shape index (κ2) is 11.6. The fourth-order valence-electron chi connectivity index (χ4n) is 6.29. The van der Waals surface area contributed by atoms with Crippen molar-refractivity contribution in [3.8, 4) is 0 Å². The van der Waals surface area contributed by atoms with Gasteiger partial charge in [0.1, 0.15) is 12.6 Å². The average Bonchev–Trinajstić information content (AvgIpc) is 3.59. The normalized spacial score (nSPS) is 15.3. The average molecular weight is 546 g/mol. The Morgan fingerprint density at radius 1 is 0.902 bits per heavy atom. The fraction of sp³-hybridized carbons (Fsp3) is 0.286. The predicted molar refractivity (Wildman–Crippen MR) is 162 cm³/mol. The summed E-state index contributed by atoms with van der Waals surface area (Å²) < 4.78 is 0. The molecule has 41 heavy (non-hydrogen) atoms. The van der Waals surface area contributed by atoms with Gasteiger partial charge < -0.3 is 10.2 Å². The van der Waals surface area contributed by atoms with Crippen molar-refractivity contribution in [2.45, 2.75) is 57.7 Å². The van der Waals surface area contributed by atoms with Gasteiger partial charge in [0.15, 0.2) is 0 Å². The highest BCUT2D eigenvalue weighted by Gasteiger charge is 2.36. The minimum absolute atomic E-state index is 0.129. The number of hydrogen-bond acceptors (Lipinski definition) is 3. The number of hydrogen-bond donors (Lipinski definition) is 1. The second-order valence-corrected chi connectivity index (χ2v) is 11.3. The van der Waals surface area contributed by atoms with Crippen LogP contribution >= 0.6 is 0 Å². The van der Waals surface area contributed by atoms with Crippen LogP contribution in [-0.4, -0.2) is 41.2 Å². The number of carbonyl (C=O) groups excluding carboxylic acids is 3. The van der Waals surface area contributed by atoms with Crippen molar-refractivity contribution in [3.05, 3.63) is 113 Å². The summed E-state index contributed by atoms with van der Waals surface area (Å²) in [6, 6.07) is 28.7. The van der Waals surface area contributed by atoms with E-state index in [1.165, 1.54) is 0 Å². The molecule has 2 aliphatic rings. The molecule has 6 rings (SSSR count). The molecule has 1 atom stereocenters. The van der Waals surface area contributed by atoms with E-state index in [0.29, 0.717) is 12.0 Å². The Morgan fingerprint density at radius 3 is 2.37 bits per heavy atom. The second-order valence-electron chi connectivity index (χ2n) is 11.3. The third kappa shape index (κ3) is 5.60. The molecule has 4 aromatic rings. The van der Waals surface area contributed by atoms with Gasteiger partial charge in [0, 0.05) is 30.0 Å². The predicted octanol–water partition coefficient (Wildman–Crippen LogP) is 5.81. The van der Waals surface area contributed by atoms with Crippen LogP contribution in [0.15, 0.2) is 91.0 Å². The molecule has 208 valence electrons. The molecule has 1 heterocycles. The van der Waals surface area contributed by atoms with Gasteiger partial charge in [0.2, 0.25) is 11.8 Å². The van der Waals surface area contributed by atoms with Crippen molar-refractivity contribution >= 4 is 34.2 Å². The van der Waals surface area contributed by atoms with Crippen LogP contribution < -0.4 is 10.2 Å². The standard InChI is InChI=1S/C35H35N3O3/c1-24-10-7-13-26(20-24)22-37(31(21-25-11-3-2-4-12-25)34(40)36-28-16-5-6-17-28)32(39)23-38-30-19-9-15-27-14-8-18-29(33(27)30)35(38)41/h2-4,7-15,18-20,28,31H,5-6,16-17,21-23H2,1H3,(H,36,40). The Morgan fingerprint density at radius 2 is 1.61 bits per heavy atom. The number of anilines is 1. The van der Waals surface area contributed by atoms with Crippen LogP contribution in [0.25, 0.3) is 10.8 Å². The monoisotopic (exact) mass is 545 g/mol. The van der Waals surface area contributed by atoms with Crippen molar-refractivity contribution < 1.29 is 14.4 Å². The highest BCUT2D eigenvalue weighted by Crippen LogP contribution is 2.37. The molecule has 1 fully saturated rings. The summed E-state index contributed by atoms with van der Waals surface area (Å²) in [5, 5.41) is 5.09. The van der Waals surface area contributed by atoms with E-state index < -0.39 is 6.04 Å². The van der Waals surface area contributed by atoms with Gasteiger partial charge in [-0.15, -0.1) is 0 Å². The Kier molecular flexibility index (Phi) is 7.55. The van der Waals surface area contributed by atoms with Crippen molar-refractivity contribution in [1.29, 1.82) is 0 Å². The van der Waals surface area contributed by atoms with Crippen LogP contribution in [0.5, 0.6) is 0 Å². The van der Waals surface area contributed by atoms with Crippen molar-refractivity contribution in [2.24, 2.45) is 0 Å². The third-order valence-corrected chi connectivity index (χ3v) is 8.35. The topological polar surface area (TPSA) is 69.7 Å². The maximum absolute atomic E-state index is 14.3. The zero-order valence-corrected chi connectivity index (χ0v) is 23.4. The van der Waals surface area contributed by atoms with E-state index in [0.717, 1.165) is 58.8 Å². The van der Waals surface area contributed by atoms with Gasteiger partial charge in [0.05, 0.1) is 5.69 Å². The number of nitrogens with one attached hydrogen (secondary N) is 1.